The molecule has 0 N–H and O–H groups in total. The Morgan fingerprint density at radius 3 is 2.79 bits per heavy atom. The summed E-state index contributed by atoms with van der Waals surface area (Å²) >= 11 is 0. The van der Waals surface area contributed by atoms with Gasteiger partial charge in [0.15, 0.2) is 5.69 Å². The van der Waals surface area contributed by atoms with Crippen molar-refractivity contribution < 1.29 is 18.3 Å². The molecule has 28 heavy (non-hydrogen) atoms. The molecule has 2 saturated heterocycles. The summed E-state index contributed by atoms with van der Waals surface area (Å²) < 4.78 is 24.8. The summed E-state index contributed by atoms with van der Waals surface area (Å²) in [5, 5.41) is 0. The molecule has 0 bridgehead atoms. The van der Waals surface area contributed by atoms with Gasteiger partial charge < -0.3 is 19.0 Å². The molecule has 7 nitrogen and oxygen atoms in total. The molecule has 1 amide bonds. The quantitative estimate of drug-likeness (QED) is 0.781. The molecular formula is C20H25FN4O3. The van der Waals surface area contributed by atoms with E-state index < -0.39 is 0 Å². The highest BCUT2D eigenvalue weighted by molar-refractivity contribution is 5.92. The Labute approximate surface area is 163 Å². The van der Waals surface area contributed by atoms with Crippen LogP contribution in [0, 0.1) is 5.82 Å². The Bertz CT molecular complexity index is 813. The van der Waals surface area contributed by atoms with E-state index in [2.05, 4.69) is 14.8 Å². The Hall–Kier alpha value is -2.45. The van der Waals surface area contributed by atoms with Crippen molar-refractivity contribution in [2.45, 2.75) is 19.0 Å². The van der Waals surface area contributed by atoms with Crippen molar-refractivity contribution in [2.75, 3.05) is 51.3 Å². The van der Waals surface area contributed by atoms with Crippen LogP contribution >= 0.6 is 0 Å². The number of ether oxygens (including phenoxy) is 1. The van der Waals surface area contributed by atoms with Crippen LogP contribution in [0.15, 0.2) is 34.9 Å². The number of para-hydroxylation sites is 1. The zero-order valence-corrected chi connectivity index (χ0v) is 16.0. The maximum atomic E-state index is 13.9. The molecule has 3 heterocycles. The van der Waals surface area contributed by atoms with Crippen LogP contribution in [0.1, 0.15) is 22.8 Å². The van der Waals surface area contributed by atoms with Crippen molar-refractivity contribution in [1.82, 2.24) is 14.8 Å². The lowest BCUT2D eigenvalue weighted by Gasteiger charge is -2.35. The minimum absolute atomic E-state index is 0.0964. The van der Waals surface area contributed by atoms with Gasteiger partial charge in [-0.2, -0.15) is 0 Å². The summed E-state index contributed by atoms with van der Waals surface area (Å²) in [6.07, 6.45) is 2.28. The number of aromatic nitrogens is 1. The average molecular weight is 388 g/mol. The van der Waals surface area contributed by atoms with E-state index in [4.69, 9.17) is 9.15 Å². The maximum Gasteiger partial charge on any atom is 0.275 e. The van der Waals surface area contributed by atoms with E-state index in [0.29, 0.717) is 37.0 Å². The molecule has 1 atom stereocenters. The summed E-state index contributed by atoms with van der Waals surface area (Å²) in [5.41, 5.74) is 0.972. The van der Waals surface area contributed by atoms with Crippen molar-refractivity contribution in [2.24, 2.45) is 0 Å². The first-order chi connectivity index (χ1) is 13.6. The molecule has 8 heteroatoms. The molecule has 0 saturated carbocycles. The Kier molecular flexibility index (Phi) is 5.59. The minimum atomic E-state index is -0.191. The largest absolute Gasteiger partial charge is 0.447 e. The highest BCUT2D eigenvalue weighted by Crippen LogP contribution is 2.21. The number of anilines is 1. The predicted octanol–water partition coefficient (Wildman–Crippen LogP) is 2.00. The number of carbonyl (C=O) groups excluding carboxylic acids is 1. The number of hydrogen-bond acceptors (Lipinski definition) is 6. The van der Waals surface area contributed by atoms with Gasteiger partial charge in [-0.1, -0.05) is 12.1 Å². The third-order valence-corrected chi connectivity index (χ3v) is 5.47. The molecule has 2 fully saturated rings. The minimum Gasteiger partial charge on any atom is -0.447 e. The second-order valence-corrected chi connectivity index (χ2v) is 7.27. The Morgan fingerprint density at radius 2 is 2.07 bits per heavy atom. The van der Waals surface area contributed by atoms with Gasteiger partial charge in [0, 0.05) is 39.8 Å². The molecule has 0 spiro atoms. The van der Waals surface area contributed by atoms with Gasteiger partial charge >= 0.3 is 0 Å². The third-order valence-electron chi connectivity index (χ3n) is 5.47. The van der Waals surface area contributed by atoms with E-state index in [9.17, 15) is 9.18 Å². The lowest BCUT2D eigenvalue weighted by atomic mass is 10.2. The van der Waals surface area contributed by atoms with E-state index in [1.807, 2.05) is 12.1 Å². The fourth-order valence-electron chi connectivity index (χ4n) is 3.70. The van der Waals surface area contributed by atoms with Gasteiger partial charge in [0.25, 0.3) is 5.91 Å². The molecule has 0 radical (unpaired) electrons. The first-order valence-electron chi connectivity index (χ1n) is 9.63. The van der Waals surface area contributed by atoms with Crippen LogP contribution in [-0.4, -0.2) is 73.2 Å². The van der Waals surface area contributed by atoms with E-state index in [0.717, 1.165) is 32.6 Å². The number of halogens is 1. The van der Waals surface area contributed by atoms with Crippen LogP contribution in [-0.2, 0) is 11.3 Å². The average Bonchev–Trinajstić information content (AvgIpc) is 3.40. The van der Waals surface area contributed by atoms with E-state index >= 15 is 0 Å². The van der Waals surface area contributed by atoms with Gasteiger partial charge in [-0.25, -0.2) is 9.37 Å². The van der Waals surface area contributed by atoms with Crippen molar-refractivity contribution in [3.63, 3.8) is 0 Å². The number of rotatable bonds is 5. The third kappa shape index (κ3) is 4.02. The molecule has 150 valence electrons. The number of benzene rings is 1. The number of nitrogens with zero attached hydrogens (tertiary/aromatic N) is 4. The summed E-state index contributed by atoms with van der Waals surface area (Å²) in [7, 11) is 1.78. The first-order valence-corrected chi connectivity index (χ1v) is 9.63. The van der Waals surface area contributed by atoms with Gasteiger partial charge in [-0.15, -0.1) is 0 Å². The molecule has 2 aromatic rings. The number of carbonyl (C=O) groups is 1. The summed E-state index contributed by atoms with van der Waals surface area (Å²) in [6, 6.07) is 6.95. The topological polar surface area (TPSA) is 62.1 Å². The standard InChI is InChI=1S/C20H25FN4O3/c1-23(15-6-11-27-13-15)20(26)17-14-28-19(22-17)12-24-7-9-25(10-8-24)18-5-3-2-4-16(18)21/h2-5,14-15H,6-13H2,1H3. The van der Waals surface area contributed by atoms with Crippen LogP contribution < -0.4 is 4.90 Å². The number of hydrogen-bond donors (Lipinski definition) is 0. The van der Waals surface area contributed by atoms with Crippen molar-refractivity contribution in [3.8, 4) is 0 Å². The lowest BCUT2D eigenvalue weighted by Crippen LogP contribution is -2.46. The predicted molar refractivity (Wildman–Crippen MR) is 102 cm³/mol. The molecule has 1 aromatic carbocycles. The Balaban J connectivity index is 1.31. The molecule has 2 aliphatic heterocycles. The second-order valence-electron chi connectivity index (χ2n) is 7.27. The number of amides is 1. The van der Waals surface area contributed by atoms with Gasteiger partial charge in [0.1, 0.15) is 12.1 Å². The van der Waals surface area contributed by atoms with Crippen molar-refractivity contribution in [3.05, 3.63) is 47.9 Å². The normalized spacial score (nSPS) is 20.5. The van der Waals surface area contributed by atoms with Gasteiger partial charge in [-0.05, 0) is 18.6 Å². The fourth-order valence-corrected chi connectivity index (χ4v) is 3.70. The second kappa shape index (κ2) is 8.28. The smallest absolute Gasteiger partial charge is 0.275 e. The van der Waals surface area contributed by atoms with Crippen LogP contribution in [0.4, 0.5) is 10.1 Å². The van der Waals surface area contributed by atoms with Gasteiger partial charge in [-0.3, -0.25) is 9.69 Å². The number of oxazole rings is 1. The first kappa shape index (κ1) is 18.9. The molecule has 1 unspecified atom stereocenters. The van der Waals surface area contributed by atoms with Gasteiger partial charge in [0.2, 0.25) is 5.89 Å². The molecule has 4 rings (SSSR count). The molecule has 2 aliphatic rings. The van der Waals surface area contributed by atoms with Crippen LogP contribution in [0.5, 0.6) is 0 Å². The molecule has 0 aliphatic carbocycles. The summed E-state index contributed by atoms with van der Waals surface area (Å²) in [4.78, 5) is 22.9. The highest BCUT2D eigenvalue weighted by atomic mass is 19.1. The number of likely N-dealkylation sites (N-methyl/N-ethyl adjacent to an activating group) is 1. The highest BCUT2D eigenvalue weighted by Gasteiger charge is 2.27. The SMILES string of the molecule is CN(C(=O)c1coc(CN2CCN(c3ccccc3F)CC2)n1)C1CCOC1. The fraction of sp³-hybridized carbons (Fsp3) is 0.500. The van der Waals surface area contributed by atoms with Crippen LogP contribution in [0.3, 0.4) is 0 Å². The van der Waals surface area contributed by atoms with Crippen molar-refractivity contribution >= 4 is 11.6 Å². The molecule has 1 aromatic heterocycles. The monoisotopic (exact) mass is 388 g/mol. The van der Waals surface area contributed by atoms with E-state index in [1.165, 1.54) is 12.3 Å². The summed E-state index contributed by atoms with van der Waals surface area (Å²) in [5.74, 6) is 0.192. The van der Waals surface area contributed by atoms with Gasteiger partial charge in [0.05, 0.1) is 24.9 Å². The lowest BCUT2D eigenvalue weighted by molar-refractivity contribution is 0.0705. The van der Waals surface area contributed by atoms with Crippen LogP contribution in [0.25, 0.3) is 0 Å². The van der Waals surface area contributed by atoms with Crippen molar-refractivity contribution in [1.29, 1.82) is 0 Å². The number of piperazine rings is 1. The van der Waals surface area contributed by atoms with Crippen LogP contribution in [0.2, 0.25) is 0 Å². The maximum absolute atomic E-state index is 13.9. The zero-order valence-electron chi connectivity index (χ0n) is 16.0. The zero-order chi connectivity index (χ0) is 19.5. The van der Waals surface area contributed by atoms with E-state index in [-0.39, 0.29) is 17.8 Å². The summed E-state index contributed by atoms with van der Waals surface area (Å²) in [6.45, 7) is 4.81. The molecular weight excluding hydrogens is 363 g/mol. The Morgan fingerprint density at radius 1 is 1.29 bits per heavy atom. The van der Waals surface area contributed by atoms with E-state index in [1.54, 1.807) is 18.0 Å².